The summed E-state index contributed by atoms with van der Waals surface area (Å²) in [5.41, 5.74) is 9.11. The Kier molecular flexibility index (Phi) is 4.79. The van der Waals surface area contributed by atoms with E-state index in [1.807, 2.05) is 61.5 Å². The maximum atomic E-state index is 11.9. The molecule has 2 aromatic carbocycles. The quantitative estimate of drug-likeness (QED) is 0.699. The van der Waals surface area contributed by atoms with Gasteiger partial charge in [-0.3, -0.25) is 10.1 Å². The van der Waals surface area contributed by atoms with E-state index in [9.17, 15) is 4.79 Å². The SMILES string of the molecule is Cc1cccc2cc(C(NCc3ccccc3)C(N)=O)c(Cl)nc12. The van der Waals surface area contributed by atoms with Gasteiger partial charge in [-0.15, -0.1) is 0 Å². The Morgan fingerprint density at radius 3 is 2.67 bits per heavy atom. The molecule has 3 aromatic rings. The van der Waals surface area contributed by atoms with E-state index in [4.69, 9.17) is 17.3 Å². The van der Waals surface area contributed by atoms with Gasteiger partial charge in [0.1, 0.15) is 11.2 Å². The number of aromatic nitrogens is 1. The molecule has 122 valence electrons. The molecule has 0 radical (unpaired) electrons. The first kappa shape index (κ1) is 16.4. The van der Waals surface area contributed by atoms with Gasteiger partial charge in [-0.25, -0.2) is 4.98 Å². The molecular formula is C19H18ClN3O. The van der Waals surface area contributed by atoms with Crippen LogP contribution < -0.4 is 11.1 Å². The third-order valence-electron chi connectivity index (χ3n) is 3.98. The average Bonchev–Trinajstić information content (AvgIpc) is 2.57. The Hall–Kier alpha value is -2.43. The van der Waals surface area contributed by atoms with Gasteiger partial charge in [0.15, 0.2) is 0 Å². The number of rotatable bonds is 5. The topological polar surface area (TPSA) is 68.0 Å². The van der Waals surface area contributed by atoms with Crippen LogP contribution in [0, 0.1) is 6.92 Å². The first-order valence-corrected chi connectivity index (χ1v) is 8.06. The fraction of sp³-hybridized carbons (Fsp3) is 0.158. The third kappa shape index (κ3) is 3.40. The minimum absolute atomic E-state index is 0.293. The Labute approximate surface area is 145 Å². The van der Waals surface area contributed by atoms with Crippen LogP contribution in [0.2, 0.25) is 5.15 Å². The van der Waals surface area contributed by atoms with Gasteiger partial charge < -0.3 is 5.73 Å². The molecule has 1 atom stereocenters. The Bertz CT molecular complexity index is 880. The second kappa shape index (κ2) is 6.99. The number of para-hydroxylation sites is 1. The number of halogens is 1. The molecule has 0 bridgehead atoms. The molecule has 1 heterocycles. The molecule has 0 spiro atoms. The van der Waals surface area contributed by atoms with Gasteiger partial charge in [-0.05, 0) is 24.1 Å². The number of fused-ring (bicyclic) bond motifs is 1. The van der Waals surface area contributed by atoms with Crippen LogP contribution in [0.4, 0.5) is 0 Å². The lowest BCUT2D eigenvalue weighted by Gasteiger charge is -2.18. The maximum Gasteiger partial charge on any atom is 0.239 e. The lowest BCUT2D eigenvalue weighted by molar-refractivity contribution is -0.120. The molecule has 24 heavy (non-hydrogen) atoms. The second-order valence-electron chi connectivity index (χ2n) is 5.72. The highest BCUT2D eigenvalue weighted by atomic mass is 35.5. The van der Waals surface area contributed by atoms with Gasteiger partial charge in [0, 0.05) is 17.5 Å². The average molecular weight is 340 g/mol. The van der Waals surface area contributed by atoms with E-state index in [1.54, 1.807) is 0 Å². The summed E-state index contributed by atoms with van der Waals surface area (Å²) in [4.78, 5) is 16.4. The number of hydrogen-bond donors (Lipinski definition) is 2. The van der Waals surface area contributed by atoms with Gasteiger partial charge in [-0.1, -0.05) is 60.1 Å². The van der Waals surface area contributed by atoms with Crippen LogP contribution in [-0.2, 0) is 11.3 Å². The monoisotopic (exact) mass is 339 g/mol. The van der Waals surface area contributed by atoms with E-state index < -0.39 is 11.9 Å². The largest absolute Gasteiger partial charge is 0.368 e. The van der Waals surface area contributed by atoms with E-state index in [0.717, 1.165) is 22.0 Å². The van der Waals surface area contributed by atoms with Crippen molar-refractivity contribution in [1.29, 1.82) is 0 Å². The normalized spacial score (nSPS) is 12.2. The summed E-state index contributed by atoms with van der Waals surface area (Å²) in [6, 6.07) is 16.9. The number of carbonyl (C=O) groups is 1. The molecule has 1 amide bonds. The molecule has 0 aliphatic heterocycles. The Balaban J connectivity index is 1.95. The molecule has 0 fully saturated rings. The predicted molar refractivity (Wildman–Crippen MR) is 96.7 cm³/mol. The molecule has 3 N–H and O–H groups in total. The number of nitrogens with zero attached hydrogens (tertiary/aromatic N) is 1. The van der Waals surface area contributed by atoms with Crippen molar-refractivity contribution in [1.82, 2.24) is 10.3 Å². The molecule has 4 nitrogen and oxygen atoms in total. The standard InChI is InChI=1S/C19H18ClN3O/c1-12-6-5-9-14-10-15(18(20)23-16(12)14)17(19(21)24)22-11-13-7-3-2-4-8-13/h2-10,17,22H,11H2,1H3,(H2,21,24). The molecule has 0 saturated heterocycles. The number of nitrogens with two attached hydrogens (primary N) is 1. The summed E-state index contributed by atoms with van der Waals surface area (Å²) in [7, 11) is 0. The minimum atomic E-state index is -0.699. The Morgan fingerprint density at radius 1 is 1.21 bits per heavy atom. The third-order valence-corrected chi connectivity index (χ3v) is 4.28. The van der Waals surface area contributed by atoms with E-state index in [2.05, 4.69) is 10.3 Å². The zero-order valence-corrected chi connectivity index (χ0v) is 14.0. The van der Waals surface area contributed by atoms with E-state index >= 15 is 0 Å². The number of primary amides is 1. The summed E-state index contributed by atoms with van der Waals surface area (Å²) in [5.74, 6) is -0.485. The number of benzene rings is 2. The Morgan fingerprint density at radius 2 is 1.96 bits per heavy atom. The van der Waals surface area contributed by atoms with Gasteiger partial charge >= 0.3 is 0 Å². The zero-order valence-electron chi connectivity index (χ0n) is 13.3. The van der Waals surface area contributed by atoms with Crippen LogP contribution in [0.3, 0.4) is 0 Å². The highest BCUT2D eigenvalue weighted by Crippen LogP contribution is 2.27. The number of nitrogens with one attached hydrogen (secondary N) is 1. The van der Waals surface area contributed by atoms with Gasteiger partial charge in [-0.2, -0.15) is 0 Å². The van der Waals surface area contributed by atoms with E-state index in [0.29, 0.717) is 17.3 Å². The second-order valence-corrected chi connectivity index (χ2v) is 6.07. The molecular weight excluding hydrogens is 322 g/mol. The first-order valence-electron chi connectivity index (χ1n) is 7.68. The molecule has 0 aliphatic carbocycles. The van der Waals surface area contributed by atoms with Crippen molar-refractivity contribution in [3.8, 4) is 0 Å². The van der Waals surface area contributed by atoms with Crippen molar-refractivity contribution in [2.75, 3.05) is 0 Å². The van der Waals surface area contributed by atoms with Crippen molar-refractivity contribution in [3.63, 3.8) is 0 Å². The molecule has 1 aromatic heterocycles. The van der Waals surface area contributed by atoms with Crippen LogP contribution >= 0.6 is 11.6 Å². The van der Waals surface area contributed by atoms with Gasteiger partial charge in [0.25, 0.3) is 0 Å². The number of carbonyl (C=O) groups excluding carboxylic acids is 1. The fourth-order valence-corrected chi connectivity index (χ4v) is 2.97. The number of pyridine rings is 1. The molecule has 5 heteroatoms. The smallest absolute Gasteiger partial charge is 0.239 e. The van der Waals surface area contributed by atoms with Crippen LogP contribution in [0.25, 0.3) is 10.9 Å². The highest BCUT2D eigenvalue weighted by Gasteiger charge is 2.21. The number of amides is 1. The first-order chi connectivity index (χ1) is 11.6. The molecule has 0 aliphatic rings. The maximum absolute atomic E-state index is 11.9. The van der Waals surface area contributed by atoms with Gasteiger partial charge in [0.2, 0.25) is 5.91 Å². The zero-order chi connectivity index (χ0) is 17.1. The van der Waals surface area contributed by atoms with Crippen molar-refractivity contribution in [2.45, 2.75) is 19.5 Å². The summed E-state index contributed by atoms with van der Waals surface area (Å²) in [6.45, 7) is 2.49. The van der Waals surface area contributed by atoms with Crippen molar-refractivity contribution in [3.05, 3.63) is 76.4 Å². The molecule has 3 rings (SSSR count). The molecule has 0 saturated carbocycles. The minimum Gasteiger partial charge on any atom is -0.368 e. The predicted octanol–water partition coefficient (Wildman–Crippen LogP) is 3.51. The highest BCUT2D eigenvalue weighted by molar-refractivity contribution is 6.31. The van der Waals surface area contributed by atoms with Crippen molar-refractivity contribution in [2.24, 2.45) is 5.73 Å². The van der Waals surface area contributed by atoms with E-state index in [1.165, 1.54) is 0 Å². The van der Waals surface area contributed by atoms with Crippen LogP contribution in [-0.4, -0.2) is 10.9 Å². The lowest BCUT2D eigenvalue weighted by Crippen LogP contribution is -2.33. The lowest BCUT2D eigenvalue weighted by atomic mass is 10.0. The van der Waals surface area contributed by atoms with Crippen molar-refractivity contribution >= 4 is 28.4 Å². The summed E-state index contributed by atoms with van der Waals surface area (Å²) < 4.78 is 0. The van der Waals surface area contributed by atoms with Crippen LogP contribution in [0.1, 0.15) is 22.7 Å². The number of hydrogen-bond acceptors (Lipinski definition) is 3. The molecule has 1 unspecified atom stereocenters. The van der Waals surface area contributed by atoms with Gasteiger partial charge in [0.05, 0.1) is 5.52 Å². The van der Waals surface area contributed by atoms with E-state index in [-0.39, 0.29) is 0 Å². The fourth-order valence-electron chi connectivity index (χ4n) is 2.72. The van der Waals surface area contributed by atoms with Crippen LogP contribution in [0.5, 0.6) is 0 Å². The number of aryl methyl sites for hydroxylation is 1. The summed E-state index contributed by atoms with van der Waals surface area (Å²) >= 11 is 6.34. The van der Waals surface area contributed by atoms with Crippen LogP contribution in [0.15, 0.2) is 54.6 Å². The van der Waals surface area contributed by atoms with Crippen molar-refractivity contribution < 1.29 is 4.79 Å². The summed E-state index contributed by atoms with van der Waals surface area (Å²) in [5, 5.41) is 4.40. The summed E-state index contributed by atoms with van der Waals surface area (Å²) in [6.07, 6.45) is 0.